The molecule has 1 aromatic heterocycles. The van der Waals surface area contributed by atoms with Crippen molar-refractivity contribution in [2.45, 2.75) is 72.5 Å². The summed E-state index contributed by atoms with van der Waals surface area (Å²) in [7, 11) is 0. The minimum absolute atomic E-state index is 0.0367. The monoisotopic (exact) mass is 295 g/mol. The standard InChI is InChI=1S/C16H33N5/c1-7-16(6,20(8-2)9-3)15(18-17)12-14-11-13(5)19-21(14)10-4/h11,15,18H,7-10,12,17H2,1-6H3. The predicted molar refractivity (Wildman–Crippen MR) is 89.1 cm³/mol. The Hall–Kier alpha value is -0.910. The lowest BCUT2D eigenvalue weighted by Gasteiger charge is -2.45. The van der Waals surface area contributed by atoms with Crippen LogP contribution in [0.25, 0.3) is 0 Å². The van der Waals surface area contributed by atoms with Gasteiger partial charge in [0, 0.05) is 30.2 Å². The van der Waals surface area contributed by atoms with E-state index in [-0.39, 0.29) is 11.6 Å². The number of nitrogens with two attached hydrogens (primary N) is 1. The van der Waals surface area contributed by atoms with Crippen molar-refractivity contribution < 1.29 is 0 Å². The molecule has 2 unspecified atom stereocenters. The van der Waals surface area contributed by atoms with Crippen molar-refractivity contribution in [3.05, 3.63) is 17.5 Å². The van der Waals surface area contributed by atoms with E-state index >= 15 is 0 Å². The van der Waals surface area contributed by atoms with E-state index in [0.717, 1.165) is 38.2 Å². The Labute approximate surface area is 129 Å². The second kappa shape index (κ2) is 7.92. The van der Waals surface area contributed by atoms with Gasteiger partial charge in [0.1, 0.15) is 0 Å². The number of aromatic nitrogens is 2. The van der Waals surface area contributed by atoms with Crippen LogP contribution in [0, 0.1) is 6.92 Å². The quantitative estimate of drug-likeness (QED) is 0.541. The SMILES string of the molecule is CCN(CC)C(C)(CC)C(Cc1cc(C)nn1CC)NN. The third-order valence-electron chi connectivity index (χ3n) is 4.85. The second-order valence-electron chi connectivity index (χ2n) is 5.90. The van der Waals surface area contributed by atoms with Crippen molar-refractivity contribution in [3.8, 4) is 0 Å². The summed E-state index contributed by atoms with van der Waals surface area (Å²) in [6.07, 6.45) is 1.95. The summed E-state index contributed by atoms with van der Waals surface area (Å²) in [5, 5.41) is 4.54. The zero-order valence-electron chi connectivity index (χ0n) is 14.6. The smallest absolute Gasteiger partial charge is 0.0596 e. The maximum Gasteiger partial charge on any atom is 0.0596 e. The lowest BCUT2D eigenvalue weighted by molar-refractivity contribution is 0.0693. The number of hydrogen-bond donors (Lipinski definition) is 2. The first-order valence-corrected chi connectivity index (χ1v) is 8.21. The summed E-state index contributed by atoms with van der Waals surface area (Å²) in [6, 6.07) is 2.37. The Bertz CT molecular complexity index is 424. The third-order valence-corrected chi connectivity index (χ3v) is 4.85. The van der Waals surface area contributed by atoms with Crippen LogP contribution >= 0.6 is 0 Å². The average Bonchev–Trinajstić information content (AvgIpc) is 2.85. The Morgan fingerprint density at radius 1 is 1.33 bits per heavy atom. The Morgan fingerprint density at radius 2 is 1.95 bits per heavy atom. The molecule has 5 heteroatoms. The topological polar surface area (TPSA) is 59.1 Å². The highest BCUT2D eigenvalue weighted by Crippen LogP contribution is 2.26. The van der Waals surface area contributed by atoms with Crippen LogP contribution in [0.15, 0.2) is 6.07 Å². The van der Waals surface area contributed by atoms with E-state index in [1.807, 2.05) is 6.92 Å². The van der Waals surface area contributed by atoms with E-state index in [9.17, 15) is 0 Å². The second-order valence-corrected chi connectivity index (χ2v) is 5.90. The van der Waals surface area contributed by atoms with Gasteiger partial charge in [-0.15, -0.1) is 0 Å². The van der Waals surface area contributed by atoms with Crippen molar-refractivity contribution >= 4 is 0 Å². The van der Waals surface area contributed by atoms with Crippen LogP contribution in [-0.4, -0.2) is 39.4 Å². The number of nitrogens with one attached hydrogen (secondary N) is 1. The lowest BCUT2D eigenvalue weighted by atomic mass is 9.84. The molecule has 0 saturated heterocycles. The van der Waals surface area contributed by atoms with Crippen LogP contribution < -0.4 is 11.3 Å². The van der Waals surface area contributed by atoms with Gasteiger partial charge in [0.25, 0.3) is 0 Å². The van der Waals surface area contributed by atoms with Crippen molar-refractivity contribution in [2.24, 2.45) is 5.84 Å². The Balaban J connectivity index is 3.04. The van der Waals surface area contributed by atoms with Crippen LogP contribution in [-0.2, 0) is 13.0 Å². The van der Waals surface area contributed by atoms with Gasteiger partial charge < -0.3 is 0 Å². The van der Waals surface area contributed by atoms with E-state index in [1.54, 1.807) is 0 Å². The molecular formula is C16H33N5. The zero-order chi connectivity index (χ0) is 16.0. The number of nitrogens with zero attached hydrogens (tertiary/aromatic N) is 3. The van der Waals surface area contributed by atoms with Crippen molar-refractivity contribution in [1.29, 1.82) is 0 Å². The molecule has 0 amide bonds. The minimum atomic E-state index is 0.0367. The zero-order valence-corrected chi connectivity index (χ0v) is 14.6. The molecule has 21 heavy (non-hydrogen) atoms. The number of hydrazine groups is 1. The fourth-order valence-electron chi connectivity index (χ4n) is 3.34. The maximum atomic E-state index is 5.92. The van der Waals surface area contributed by atoms with Crippen molar-refractivity contribution in [1.82, 2.24) is 20.1 Å². The first-order valence-electron chi connectivity index (χ1n) is 8.21. The molecule has 0 aromatic carbocycles. The van der Waals surface area contributed by atoms with Gasteiger partial charge in [0.05, 0.1) is 5.69 Å². The predicted octanol–water partition coefficient (Wildman–Crippen LogP) is 2.10. The number of rotatable bonds is 9. The Morgan fingerprint density at radius 3 is 2.38 bits per heavy atom. The van der Waals surface area contributed by atoms with Gasteiger partial charge in [-0.3, -0.25) is 20.9 Å². The van der Waals surface area contributed by atoms with E-state index in [2.05, 4.69) is 60.8 Å². The van der Waals surface area contributed by atoms with Gasteiger partial charge in [0.15, 0.2) is 0 Å². The molecule has 1 rings (SSSR count). The molecule has 0 aliphatic heterocycles. The third kappa shape index (κ3) is 3.84. The van der Waals surface area contributed by atoms with E-state index in [4.69, 9.17) is 5.84 Å². The first kappa shape index (κ1) is 18.1. The number of aryl methyl sites for hydroxylation is 2. The van der Waals surface area contributed by atoms with Gasteiger partial charge in [-0.25, -0.2) is 0 Å². The highest BCUT2D eigenvalue weighted by atomic mass is 15.3. The Kier molecular flexibility index (Phi) is 6.84. The molecule has 0 aliphatic rings. The van der Waals surface area contributed by atoms with Gasteiger partial charge in [0.2, 0.25) is 0 Å². The van der Waals surface area contributed by atoms with Gasteiger partial charge in [-0.05, 0) is 46.3 Å². The fraction of sp³-hybridized carbons (Fsp3) is 0.812. The summed E-state index contributed by atoms with van der Waals surface area (Å²) in [4.78, 5) is 2.50. The average molecular weight is 295 g/mol. The van der Waals surface area contributed by atoms with Crippen molar-refractivity contribution in [3.63, 3.8) is 0 Å². The maximum absolute atomic E-state index is 5.92. The number of likely N-dealkylation sites (N-methyl/N-ethyl adjacent to an activating group) is 1. The summed E-state index contributed by atoms with van der Waals surface area (Å²) >= 11 is 0. The molecule has 2 atom stereocenters. The van der Waals surface area contributed by atoms with Crippen molar-refractivity contribution in [2.75, 3.05) is 13.1 Å². The van der Waals surface area contributed by atoms with Gasteiger partial charge in [-0.2, -0.15) is 5.10 Å². The van der Waals surface area contributed by atoms with Crippen LogP contribution in [0.2, 0.25) is 0 Å². The van der Waals surface area contributed by atoms with Crippen LogP contribution in [0.3, 0.4) is 0 Å². The molecule has 0 saturated carbocycles. The largest absolute Gasteiger partial charge is 0.297 e. The normalized spacial score (nSPS) is 16.2. The van der Waals surface area contributed by atoms with Crippen LogP contribution in [0.5, 0.6) is 0 Å². The van der Waals surface area contributed by atoms with Crippen LogP contribution in [0.4, 0.5) is 0 Å². The highest BCUT2D eigenvalue weighted by molar-refractivity contribution is 5.13. The molecule has 1 heterocycles. The first-order chi connectivity index (χ1) is 9.96. The molecule has 122 valence electrons. The molecule has 5 nitrogen and oxygen atoms in total. The molecular weight excluding hydrogens is 262 g/mol. The van der Waals surface area contributed by atoms with Gasteiger partial charge in [-0.1, -0.05) is 20.8 Å². The highest BCUT2D eigenvalue weighted by Gasteiger charge is 2.37. The fourth-order valence-corrected chi connectivity index (χ4v) is 3.34. The molecule has 1 aromatic rings. The summed E-state index contributed by atoms with van der Waals surface area (Å²) in [6.45, 7) is 16.1. The number of hydrogen-bond acceptors (Lipinski definition) is 4. The van der Waals surface area contributed by atoms with Crippen LogP contribution in [0.1, 0.15) is 52.4 Å². The van der Waals surface area contributed by atoms with E-state index < -0.39 is 0 Å². The molecule has 0 spiro atoms. The molecule has 0 aliphatic carbocycles. The summed E-state index contributed by atoms with van der Waals surface area (Å²) in [5.41, 5.74) is 5.43. The van der Waals surface area contributed by atoms with Gasteiger partial charge >= 0.3 is 0 Å². The summed E-state index contributed by atoms with van der Waals surface area (Å²) < 4.78 is 2.08. The molecule has 3 N–H and O–H groups in total. The van der Waals surface area contributed by atoms with E-state index in [0.29, 0.717) is 0 Å². The van der Waals surface area contributed by atoms with E-state index in [1.165, 1.54) is 5.69 Å². The molecule has 0 radical (unpaired) electrons. The molecule has 0 bridgehead atoms. The lowest BCUT2D eigenvalue weighted by Crippen LogP contribution is -2.61. The molecule has 0 fully saturated rings. The summed E-state index contributed by atoms with van der Waals surface area (Å²) in [5.74, 6) is 5.92. The minimum Gasteiger partial charge on any atom is -0.297 e.